The fourth-order valence-corrected chi connectivity index (χ4v) is 1.63. The van der Waals surface area contributed by atoms with Crippen LogP contribution in [0.5, 0.6) is 0 Å². The number of amides is 1. The highest BCUT2D eigenvalue weighted by molar-refractivity contribution is 5.94. The van der Waals surface area contributed by atoms with E-state index in [0.29, 0.717) is 24.3 Å². The second kappa shape index (κ2) is 8.60. The van der Waals surface area contributed by atoms with Crippen LogP contribution in [0, 0.1) is 0 Å². The Morgan fingerprint density at radius 2 is 2.11 bits per heavy atom. The first-order valence-electron chi connectivity index (χ1n) is 6.32. The smallest absolute Gasteiger partial charge is 0.251 e. The SMILES string of the molecule is NCc1cc(C(=O)NCCCCCCO)ccn1. The van der Waals surface area contributed by atoms with E-state index in [4.69, 9.17) is 10.8 Å². The minimum Gasteiger partial charge on any atom is -0.396 e. The molecule has 5 nitrogen and oxygen atoms in total. The predicted octanol–water partition coefficient (Wildman–Crippen LogP) is 0.823. The number of hydrogen-bond acceptors (Lipinski definition) is 4. The summed E-state index contributed by atoms with van der Waals surface area (Å²) >= 11 is 0. The van der Waals surface area contributed by atoms with Crippen molar-refractivity contribution in [1.29, 1.82) is 0 Å². The van der Waals surface area contributed by atoms with Crippen LogP contribution in [0.1, 0.15) is 41.7 Å². The Kier molecular flexibility index (Phi) is 6.98. The number of rotatable bonds is 8. The van der Waals surface area contributed by atoms with Crippen molar-refractivity contribution in [2.75, 3.05) is 13.2 Å². The van der Waals surface area contributed by atoms with Crippen molar-refractivity contribution >= 4 is 5.91 Å². The van der Waals surface area contributed by atoms with Crippen LogP contribution < -0.4 is 11.1 Å². The minimum atomic E-state index is -0.0886. The van der Waals surface area contributed by atoms with Crippen LogP contribution in [0.15, 0.2) is 18.3 Å². The molecule has 18 heavy (non-hydrogen) atoms. The average molecular weight is 251 g/mol. The first-order valence-corrected chi connectivity index (χ1v) is 6.32. The van der Waals surface area contributed by atoms with E-state index in [9.17, 15) is 4.79 Å². The van der Waals surface area contributed by atoms with Crippen molar-refractivity contribution in [3.63, 3.8) is 0 Å². The molecule has 1 aromatic heterocycles. The van der Waals surface area contributed by atoms with Gasteiger partial charge in [-0.2, -0.15) is 0 Å². The van der Waals surface area contributed by atoms with Crippen LogP contribution in [-0.2, 0) is 6.54 Å². The molecule has 0 aliphatic carbocycles. The van der Waals surface area contributed by atoms with E-state index in [0.717, 1.165) is 25.7 Å². The molecular weight excluding hydrogens is 230 g/mol. The molecule has 0 aromatic carbocycles. The number of nitrogens with one attached hydrogen (secondary N) is 1. The molecule has 0 fully saturated rings. The van der Waals surface area contributed by atoms with Gasteiger partial charge in [-0.15, -0.1) is 0 Å². The molecule has 0 bridgehead atoms. The maximum atomic E-state index is 11.8. The van der Waals surface area contributed by atoms with Crippen LogP contribution in [0.3, 0.4) is 0 Å². The van der Waals surface area contributed by atoms with Gasteiger partial charge in [-0.25, -0.2) is 0 Å². The highest BCUT2D eigenvalue weighted by atomic mass is 16.2. The number of unbranched alkanes of at least 4 members (excludes halogenated alkanes) is 3. The van der Waals surface area contributed by atoms with E-state index < -0.39 is 0 Å². The molecule has 0 saturated carbocycles. The molecule has 4 N–H and O–H groups in total. The minimum absolute atomic E-state index is 0.0886. The van der Waals surface area contributed by atoms with E-state index in [1.807, 2.05) is 0 Å². The topological polar surface area (TPSA) is 88.2 Å². The highest BCUT2D eigenvalue weighted by Crippen LogP contribution is 2.02. The number of carbonyl (C=O) groups is 1. The van der Waals surface area contributed by atoms with Gasteiger partial charge in [0, 0.05) is 31.5 Å². The summed E-state index contributed by atoms with van der Waals surface area (Å²) in [7, 11) is 0. The second-order valence-electron chi connectivity index (χ2n) is 4.13. The van der Waals surface area contributed by atoms with Gasteiger partial charge in [0.05, 0.1) is 5.69 Å². The van der Waals surface area contributed by atoms with Crippen molar-refractivity contribution < 1.29 is 9.90 Å². The molecule has 5 heteroatoms. The lowest BCUT2D eigenvalue weighted by molar-refractivity contribution is 0.0952. The van der Waals surface area contributed by atoms with E-state index >= 15 is 0 Å². The number of nitrogens with two attached hydrogens (primary N) is 1. The Morgan fingerprint density at radius 1 is 1.33 bits per heavy atom. The average Bonchev–Trinajstić information content (AvgIpc) is 2.42. The van der Waals surface area contributed by atoms with E-state index in [-0.39, 0.29) is 12.5 Å². The maximum absolute atomic E-state index is 11.8. The van der Waals surface area contributed by atoms with E-state index in [1.54, 1.807) is 18.3 Å². The highest BCUT2D eigenvalue weighted by Gasteiger charge is 2.05. The Bertz CT molecular complexity index is 369. The number of aliphatic hydroxyl groups excluding tert-OH is 1. The summed E-state index contributed by atoms with van der Waals surface area (Å²) in [6.07, 6.45) is 5.38. The van der Waals surface area contributed by atoms with Crippen LogP contribution in [0.25, 0.3) is 0 Å². The molecule has 0 saturated heterocycles. The summed E-state index contributed by atoms with van der Waals surface area (Å²) in [5.41, 5.74) is 6.78. The third-order valence-electron chi connectivity index (χ3n) is 2.66. The lowest BCUT2D eigenvalue weighted by atomic mass is 10.2. The maximum Gasteiger partial charge on any atom is 0.251 e. The molecule has 0 radical (unpaired) electrons. The normalized spacial score (nSPS) is 10.3. The van der Waals surface area contributed by atoms with Crippen molar-refractivity contribution in [3.05, 3.63) is 29.6 Å². The van der Waals surface area contributed by atoms with Gasteiger partial charge < -0.3 is 16.2 Å². The Balaban J connectivity index is 2.27. The summed E-state index contributed by atoms with van der Waals surface area (Å²) in [4.78, 5) is 15.8. The summed E-state index contributed by atoms with van der Waals surface area (Å²) in [5, 5.41) is 11.5. The molecule has 0 aliphatic heterocycles. The number of aliphatic hydroxyl groups is 1. The Labute approximate surface area is 107 Å². The molecular formula is C13H21N3O2. The lowest BCUT2D eigenvalue weighted by Gasteiger charge is -2.05. The van der Waals surface area contributed by atoms with Gasteiger partial charge >= 0.3 is 0 Å². The van der Waals surface area contributed by atoms with Crippen LogP contribution in [-0.4, -0.2) is 29.1 Å². The Hall–Kier alpha value is -1.46. The van der Waals surface area contributed by atoms with Crippen molar-refractivity contribution in [1.82, 2.24) is 10.3 Å². The lowest BCUT2D eigenvalue weighted by Crippen LogP contribution is -2.24. The zero-order chi connectivity index (χ0) is 13.2. The summed E-state index contributed by atoms with van der Waals surface area (Å²) in [6, 6.07) is 3.39. The first kappa shape index (κ1) is 14.6. The Morgan fingerprint density at radius 3 is 2.83 bits per heavy atom. The molecule has 0 atom stereocenters. The molecule has 1 amide bonds. The first-order chi connectivity index (χ1) is 8.77. The predicted molar refractivity (Wildman–Crippen MR) is 70.0 cm³/mol. The number of aromatic nitrogens is 1. The third-order valence-corrected chi connectivity index (χ3v) is 2.66. The molecule has 100 valence electrons. The van der Waals surface area contributed by atoms with Gasteiger partial charge in [0.25, 0.3) is 5.91 Å². The van der Waals surface area contributed by atoms with Crippen LogP contribution >= 0.6 is 0 Å². The van der Waals surface area contributed by atoms with Crippen molar-refractivity contribution in [2.45, 2.75) is 32.2 Å². The zero-order valence-electron chi connectivity index (χ0n) is 10.6. The monoisotopic (exact) mass is 251 g/mol. The molecule has 1 rings (SSSR count). The fraction of sp³-hybridized carbons (Fsp3) is 0.538. The summed E-state index contributed by atoms with van der Waals surface area (Å²) in [6.45, 7) is 1.23. The van der Waals surface area contributed by atoms with E-state index in [1.165, 1.54) is 0 Å². The quantitative estimate of drug-likeness (QED) is 0.597. The molecule has 1 aromatic rings. The molecule has 1 heterocycles. The largest absolute Gasteiger partial charge is 0.396 e. The zero-order valence-corrected chi connectivity index (χ0v) is 10.6. The van der Waals surface area contributed by atoms with Gasteiger partial charge in [0.1, 0.15) is 0 Å². The molecule has 0 unspecified atom stereocenters. The standard InChI is InChI=1S/C13H21N3O2/c14-10-12-9-11(5-7-15-12)13(18)16-6-3-1-2-4-8-17/h5,7,9,17H,1-4,6,8,10,14H2,(H,16,18). The van der Waals surface area contributed by atoms with Crippen LogP contribution in [0.4, 0.5) is 0 Å². The number of pyridine rings is 1. The van der Waals surface area contributed by atoms with E-state index in [2.05, 4.69) is 10.3 Å². The molecule has 0 spiro atoms. The van der Waals surface area contributed by atoms with Crippen molar-refractivity contribution in [2.24, 2.45) is 5.73 Å². The summed E-state index contributed by atoms with van der Waals surface area (Å²) < 4.78 is 0. The number of carbonyl (C=O) groups excluding carboxylic acids is 1. The van der Waals surface area contributed by atoms with Crippen LogP contribution in [0.2, 0.25) is 0 Å². The van der Waals surface area contributed by atoms with Gasteiger partial charge in [-0.1, -0.05) is 12.8 Å². The third kappa shape index (κ3) is 5.25. The molecule has 0 aliphatic rings. The number of nitrogens with zero attached hydrogens (tertiary/aromatic N) is 1. The van der Waals surface area contributed by atoms with Gasteiger partial charge in [0.15, 0.2) is 0 Å². The van der Waals surface area contributed by atoms with Gasteiger partial charge in [-0.05, 0) is 25.0 Å². The number of hydrogen-bond donors (Lipinski definition) is 3. The van der Waals surface area contributed by atoms with Crippen molar-refractivity contribution in [3.8, 4) is 0 Å². The summed E-state index contributed by atoms with van der Waals surface area (Å²) in [5.74, 6) is -0.0886. The second-order valence-corrected chi connectivity index (χ2v) is 4.13. The van der Waals surface area contributed by atoms with Gasteiger partial charge in [0.2, 0.25) is 0 Å². The fourth-order valence-electron chi connectivity index (χ4n) is 1.63. The van der Waals surface area contributed by atoms with Gasteiger partial charge in [-0.3, -0.25) is 9.78 Å².